The van der Waals surface area contributed by atoms with E-state index in [2.05, 4.69) is 5.32 Å². The molecule has 1 aromatic carbocycles. The van der Waals surface area contributed by atoms with E-state index < -0.39 is 54.6 Å². The molecule has 1 aliphatic carbocycles. The van der Waals surface area contributed by atoms with Gasteiger partial charge in [-0.25, -0.2) is 0 Å². The van der Waals surface area contributed by atoms with Crippen LogP contribution in [-0.2, 0) is 23.9 Å². The molecule has 1 fully saturated rings. The topological polar surface area (TPSA) is 119 Å². The smallest absolute Gasteiger partial charge is 0.326 e. The number of methoxy groups -OCH3 is 1. The lowest BCUT2D eigenvalue weighted by Gasteiger charge is -2.14. The van der Waals surface area contributed by atoms with Crippen LogP contribution in [0.5, 0.6) is 5.75 Å². The van der Waals surface area contributed by atoms with E-state index in [4.69, 9.17) is 9.47 Å². The van der Waals surface area contributed by atoms with Crippen molar-refractivity contribution in [1.82, 2.24) is 10.2 Å². The van der Waals surface area contributed by atoms with E-state index in [9.17, 15) is 24.0 Å². The van der Waals surface area contributed by atoms with Gasteiger partial charge >= 0.3 is 5.97 Å². The average Bonchev–Trinajstić information content (AvgIpc) is 2.97. The van der Waals surface area contributed by atoms with Crippen molar-refractivity contribution < 1.29 is 33.4 Å². The minimum Gasteiger partial charge on any atom is -0.497 e. The monoisotopic (exact) mass is 400 g/mol. The first-order chi connectivity index (χ1) is 13.9. The van der Waals surface area contributed by atoms with Gasteiger partial charge in [-0.1, -0.05) is 12.2 Å². The lowest BCUT2D eigenvalue weighted by molar-refractivity contribution is -0.154. The first-order valence-electron chi connectivity index (χ1n) is 9.04. The molecule has 2 atom stereocenters. The van der Waals surface area contributed by atoms with Crippen LogP contribution in [0, 0.1) is 11.8 Å². The summed E-state index contributed by atoms with van der Waals surface area (Å²) in [5.74, 6) is -3.50. The van der Waals surface area contributed by atoms with E-state index in [0.717, 1.165) is 4.90 Å². The fourth-order valence-corrected chi connectivity index (χ4v) is 3.32. The van der Waals surface area contributed by atoms with E-state index in [1.165, 1.54) is 19.2 Å². The van der Waals surface area contributed by atoms with Crippen molar-refractivity contribution in [2.45, 2.75) is 12.8 Å². The molecular formula is C20H20N2O7. The van der Waals surface area contributed by atoms with Gasteiger partial charge in [0.05, 0.1) is 18.9 Å². The van der Waals surface area contributed by atoms with Gasteiger partial charge in [-0.3, -0.25) is 34.2 Å². The number of likely N-dealkylation sites (tertiary alicyclic amines) is 1. The van der Waals surface area contributed by atoms with Crippen molar-refractivity contribution in [2.24, 2.45) is 11.8 Å². The highest BCUT2D eigenvalue weighted by Gasteiger charge is 2.47. The van der Waals surface area contributed by atoms with Crippen molar-refractivity contribution in [3.63, 3.8) is 0 Å². The molecule has 1 aliphatic heterocycles. The van der Waals surface area contributed by atoms with E-state index in [1.807, 2.05) is 12.2 Å². The summed E-state index contributed by atoms with van der Waals surface area (Å²) in [6.45, 7) is -1.25. The number of amides is 4. The van der Waals surface area contributed by atoms with Crippen LogP contribution >= 0.6 is 0 Å². The normalized spacial score (nSPS) is 20.2. The highest BCUT2D eigenvalue weighted by Crippen LogP contribution is 2.34. The van der Waals surface area contributed by atoms with Crippen molar-refractivity contribution >= 4 is 29.6 Å². The zero-order valence-corrected chi connectivity index (χ0v) is 15.8. The number of ether oxygens (including phenoxy) is 2. The Kier molecular flexibility index (Phi) is 6.06. The number of fused-ring (bicyclic) bond motifs is 1. The number of nitrogens with zero attached hydrogens (tertiary/aromatic N) is 1. The molecular weight excluding hydrogens is 380 g/mol. The lowest BCUT2D eigenvalue weighted by Crippen LogP contribution is -2.39. The van der Waals surface area contributed by atoms with Crippen LogP contribution in [0.2, 0.25) is 0 Å². The molecule has 4 amide bonds. The zero-order valence-electron chi connectivity index (χ0n) is 15.8. The Morgan fingerprint density at radius 3 is 2.17 bits per heavy atom. The summed E-state index contributed by atoms with van der Waals surface area (Å²) >= 11 is 0. The number of allylic oxidation sites excluding steroid dienone is 2. The first-order valence-corrected chi connectivity index (χ1v) is 9.04. The van der Waals surface area contributed by atoms with Crippen LogP contribution in [-0.4, -0.2) is 54.8 Å². The third kappa shape index (κ3) is 4.50. The molecule has 0 aromatic heterocycles. The van der Waals surface area contributed by atoms with Crippen LogP contribution in [0.4, 0.5) is 0 Å². The second-order valence-electron chi connectivity index (χ2n) is 6.68. The Bertz CT molecular complexity index is 849. The SMILES string of the molecule is COc1ccc(C(=O)NC(=O)COC(=O)CN2C(=O)C3CC=CCC3C2=O)cc1. The zero-order chi connectivity index (χ0) is 21.0. The number of nitrogens with one attached hydrogen (secondary N) is 1. The van der Waals surface area contributed by atoms with E-state index >= 15 is 0 Å². The molecule has 29 heavy (non-hydrogen) atoms. The van der Waals surface area contributed by atoms with Gasteiger partial charge in [-0.2, -0.15) is 0 Å². The van der Waals surface area contributed by atoms with Crippen molar-refractivity contribution in [3.8, 4) is 5.75 Å². The molecule has 1 saturated heterocycles. The summed E-state index contributed by atoms with van der Waals surface area (Å²) in [6.07, 6.45) is 4.63. The average molecular weight is 400 g/mol. The van der Waals surface area contributed by atoms with Gasteiger partial charge in [0.15, 0.2) is 6.61 Å². The summed E-state index contributed by atoms with van der Waals surface area (Å²) in [6, 6.07) is 6.09. The molecule has 152 valence electrons. The largest absolute Gasteiger partial charge is 0.497 e. The highest BCUT2D eigenvalue weighted by atomic mass is 16.5. The Morgan fingerprint density at radius 2 is 1.62 bits per heavy atom. The number of esters is 1. The minimum absolute atomic E-state index is 0.231. The number of carbonyl (C=O) groups is 5. The molecule has 0 radical (unpaired) electrons. The fraction of sp³-hybridized carbons (Fsp3) is 0.350. The Balaban J connectivity index is 1.46. The van der Waals surface area contributed by atoms with Gasteiger partial charge < -0.3 is 9.47 Å². The molecule has 0 bridgehead atoms. The van der Waals surface area contributed by atoms with Crippen LogP contribution in [0.25, 0.3) is 0 Å². The fourth-order valence-electron chi connectivity index (χ4n) is 3.32. The second kappa shape index (κ2) is 8.68. The third-order valence-corrected chi connectivity index (χ3v) is 4.86. The maximum Gasteiger partial charge on any atom is 0.326 e. The summed E-state index contributed by atoms with van der Waals surface area (Å²) in [5, 5.41) is 2.09. The summed E-state index contributed by atoms with van der Waals surface area (Å²) in [4.78, 5) is 61.3. The van der Waals surface area contributed by atoms with Crippen LogP contribution < -0.4 is 10.1 Å². The molecule has 1 aromatic rings. The number of hydrogen-bond donors (Lipinski definition) is 1. The number of hydrogen-bond acceptors (Lipinski definition) is 7. The predicted molar refractivity (Wildman–Crippen MR) is 98.5 cm³/mol. The van der Waals surface area contributed by atoms with E-state index in [-0.39, 0.29) is 5.56 Å². The van der Waals surface area contributed by atoms with E-state index in [1.54, 1.807) is 12.1 Å². The third-order valence-electron chi connectivity index (χ3n) is 4.86. The minimum atomic E-state index is -0.898. The van der Waals surface area contributed by atoms with Gasteiger partial charge in [0, 0.05) is 5.56 Å². The summed E-state index contributed by atoms with van der Waals surface area (Å²) in [5.41, 5.74) is 0.231. The molecule has 0 saturated carbocycles. The van der Waals surface area contributed by atoms with Crippen molar-refractivity contribution in [1.29, 1.82) is 0 Å². The maximum atomic E-state index is 12.3. The Labute approximate surface area is 166 Å². The first kappa shape index (κ1) is 20.2. The lowest BCUT2D eigenvalue weighted by atomic mass is 9.85. The number of rotatable bonds is 6. The Hall–Kier alpha value is -3.49. The molecule has 1 heterocycles. The molecule has 9 nitrogen and oxygen atoms in total. The molecule has 0 spiro atoms. The molecule has 2 aliphatic rings. The van der Waals surface area contributed by atoms with Crippen LogP contribution in [0.3, 0.4) is 0 Å². The van der Waals surface area contributed by atoms with Gasteiger partial charge in [0.2, 0.25) is 11.8 Å². The highest BCUT2D eigenvalue weighted by molar-refractivity contribution is 6.07. The molecule has 2 unspecified atom stereocenters. The summed E-state index contributed by atoms with van der Waals surface area (Å²) in [7, 11) is 1.49. The van der Waals surface area contributed by atoms with Crippen molar-refractivity contribution in [3.05, 3.63) is 42.0 Å². The number of carbonyl (C=O) groups excluding carboxylic acids is 5. The Morgan fingerprint density at radius 1 is 1.03 bits per heavy atom. The molecule has 3 rings (SSSR count). The standard InChI is InChI=1S/C20H20N2O7/c1-28-13-8-6-12(7-9-13)18(25)21-16(23)11-29-17(24)10-22-19(26)14-4-2-3-5-15(14)20(22)27/h2-3,6-9,14-15H,4-5,10-11H2,1H3,(H,21,23,25). The van der Waals surface area contributed by atoms with Gasteiger partial charge in [0.1, 0.15) is 12.3 Å². The van der Waals surface area contributed by atoms with Crippen LogP contribution in [0.15, 0.2) is 36.4 Å². The van der Waals surface area contributed by atoms with Crippen LogP contribution in [0.1, 0.15) is 23.2 Å². The summed E-state index contributed by atoms with van der Waals surface area (Å²) < 4.78 is 9.79. The maximum absolute atomic E-state index is 12.3. The van der Waals surface area contributed by atoms with Gasteiger partial charge in [-0.15, -0.1) is 0 Å². The number of imide groups is 2. The van der Waals surface area contributed by atoms with Crippen molar-refractivity contribution in [2.75, 3.05) is 20.3 Å². The van der Waals surface area contributed by atoms with E-state index in [0.29, 0.717) is 18.6 Å². The number of benzene rings is 1. The second-order valence-corrected chi connectivity index (χ2v) is 6.68. The van der Waals surface area contributed by atoms with Gasteiger partial charge in [0.25, 0.3) is 11.8 Å². The predicted octanol–water partition coefficient (Wildman–Crippen LogP) is 0.446. The quantitative estimate of drug-likeness (QED) is 0.418. The molecule has 1 N–H and O–H groups in total. The molecule has 9 heteroatoms. The van der Waals surface area contributed by atoms with Gasteiger partial charge in [-0.05, 0) is 37.1 Å².